The fourth-order valence-electron chi connectivity index (χ4n) is 5.91. The lowest BCUT2D eigenvalue weighted by atomic mass is 9.94. The van der Waals surface area contributed by atoms with E-state index in [2.05, 4.69) is 10.6 Å². The van der Waals surface area contributed by atoms with Crippen molar-refractivity contribution in [2.45, 2.75) is 50.0 Å². The summed E-state index contributed by atoms with van der Waals surface area (Å²) in [6.45, 7) is -0.232. The number of ether oxygens (including phenoxy) is 1. The largest absolute Gasteiger partial charge is 0.427 e. The maximum Gasteiger partial charge on any atom is 0.418 e. The number of hydrogen-bond acceptors (Lipinski definition) is 6. The molecule has 2 atom stereocenters. The summed E-state index contributed by atoms with van der Waals surface area (Å²) in [5, 5.41) is 5.86. The summed E-state index contributed by atoms with van der Waals surface area (Å²) >= 11 is 0. The van der Waals surface area contributed by atoms with Crippen molar-refractivity contribution in [1.29, 1.82) is 0 Å². The van der Waals surface area contributed by atoms with Gasteiger partial charge in [0.25, 0.3) is 5.91 Å². The van der Waals surface area contributed by atoms with Crippen LogP contribution in [-0.4, -0.2) is 65.5 Å². The van der Waals surface area contributed by atoms with Crippen molar-refractivity contribution in [3.63, 3.8) is 0 Å². The van der Waals surface area contributed by atoms with Crippen molar-refractivity contribution in [3.05, 3.63) is 65.0 Å². The summed E-state index contributed by atoms with van der Waals surface area (Å²) in [6, 6.07) is 7.51. The maximum absolute atomic E-state index is 14.2. The molecule has 4 amide bonds. The fourth-order valence-corrected chi connectivity index (χ4v) is 5.91. The van der Waals surface area contributed by atoms with Crippen LogP contribution in [0.15, 0.2) is 42.5 Å². The molecule has 2 aliphatic carbocycles. The summed E-state index contributed by atoms with van der Waals surface area (Å²) in [7, 11) is 0. The van der Waals surface area contributed by atoms with Gasteiger partial charge in [0.15, 0.2) is 0 Å². The van der Waals surface area contributed by atoms with Gasteiger partial charge in [0.05, 0.1) is 5.92 Å². The van der Waals surface area contributed by atoms with Gasteiger partial charge < -0.3 is 20.3 Å². The molecule has 3 fully saturated rings. The van der Waals surface area contributed by atoms with Gasteiger partial charge in [0, 0.05) is 37.3 Å². The van der Waals surface area contributed by atoms with E-state index in [4.69, 9.17) is 4.74 Å². The lowest BCUT2D eigenvalue weighted by Crippen LogP contribution is -2.53. The summed E-state index contributed by atoms with van der Waals surface area (Å²) in [5.41, 5.74) is 0.189. The molecule has 9 nitrogen and oxygen atoms in total. The molecule has 2 aromatic carbocycles. The molecule has 1 saturated carbocycles. The summed E-state index contributed by atoms with van der Waals surface area (Å²) in [5.74, 6) is -3.55. The highest BCUT2D eigenvalue weighted by Gasteiger charge is 2.59. The van der Waals surface area contributed by atoms with E-state index in [-0.39, 0.29) is 36.7 Å². The van der Waals surface area contributed by atoms with Gasteiger partial charge in [-0.1, -0.05) is 18.2 Å². The average Bonchev–Trinajstić information content (AvgIpc) is 3.61. The van der Waals surface area contributed by atoms with Gasteiger partial charge in [0.2, 0.25) is 17.4 Å². The van der Waals surface area contributed by atoms with Crippen LogP contribution in [0.1, 0.15) is 36.0 Å². The van der Waals surface area contributed by atoms with Gasteiger partial charge in [-0.2, -0.15) is 13.2 Å². The van der Waals surface area contributed by atoms with Crippen LogP contribution in [0.2, 0.25) is 0 Å². The zero-order valence-electron chi connectivity index (χ0n) is 22.4. The Morgan fingerprint density at radius 2 is 1.83 bits per heavy atom. The molecule has 2 aliphatic heterocycles. The molecule has 2 saturated heterocycles. The Morgan fingerprint density at radius 3 is 2.45 bits per heavy atom. The Hall–Kier alpha value is -4.00. The number of halogens is 4. The molecule has 222 valence electrons. The van der Waals surface area contributed by atoms with Crippen LogP contribution >= 0.6 is 0 Å². The molecule has 2 heterocycles. The Bertz CT molecular complexity index is 1440. The quantitative estimate of drug-likeness (QED) is 0.458. The van der Waals surface area contributed by atoms with E-state index < -0.39 is 60.6 Å². The third-order valence-electron chi connectivity index (χ3n) is 8.40. The van der Waals surface area contributed by atoms with Crippen molar-refractivity contribution >= 4 is 29.5 Å². The van der Waals surface area contributed by atoms with E-state index in [1.54, 1.807) is 18.2 Å². The summed E-state index contributed by atoms with van der Waals surface area (Å²) < 4.78 is 61.5. The second kappa shape index (κ2) is 10.4. The Balaban J connectivity index is 1.22. The van der Waals surface area contributed by atoms with E-state index in [9.17, 15) is 36.7 Å². The minimum atomic E-state index is -4.75. The molecular formula is C29H28F4N4O5. The number of imide groups is 1. The number of nitrogens with one attached hydrogen (secondary N) is 2. The number of nitrogens with zero attached hydrogens (tertiary/aromatic N) is 2. The highest BCUT2D eigenvalue weighted by atomic mass is 19.4. The van der Waals surface area contributed by atoms with Gasteiger partial charge in [-0.05, 0) is 60.6 Å². The second-order valence-corrected chi connectivity index (χ2v) is 11.3. The van der Waals surface area contributed by atoms with Gasteiger partial charge in [-0.15, -0.1) is 0 Å². The highest BCUT2D eigenvalue weighted by molar-refractivity contribution is 6.06. The lowest BCUT2D eigenvalue weighted by Gasteiger charge is -2.34. The topological polar surface area (TPSA) is 108 Å². The molecular weight excluding hydrogens is 560 g/mol. The van der Waals surface area contributed by atoms with Crippen LogP contribution in [0.3, 0.4) is 0 Å². The Morgan fingerprint density at radius 1 is 1.12 bits per heavy atom. The van der Waals surface area contributed by atoms with Gasteiger partial charge in [0.1, 0.15) is 18.4 Å². The molecule has 2 N–H and O–H groups in total. The zero-order chi connectivity index (χ0) is 29.8. The van der Waals surface area contributed by atoms with Gasteiger partial charge >= 0.3 is 12.3 Å². The minimum absolute atomic E-state index is 0.0914. The van der Waals surface area contributed by atoms with Crippen LogP contribution in [0.5, 0.6) is 0 Å². The number of fused-ring (bicyclic) bond motifs is 2. The van der Waals surface area contributed by atoms with E-state index in [0.29, 0.717) is 46.1 Å². The maximum atomic E-state index is 14.2. The lowest BCUT2D eigenvalue weighted by molar-refractivity contribution is -0.196. The Labute approximate surface area is 238 Å². The minimum Gasteiger partial charge on any atom is -0.427 e. The molecule has 6 rings (SSSR count). The molecule has 42 heavy (non-hydrogen) atoms. The van der Waals surface area contributed by atoms with Crippen LogP contribution < -0.4 is 10.6 Å². The Kier molecular flexibility index (Phi) is 6.95. The normalized spacial score (nSPS) is 22.5. The first-order valence-electron chi connectivity index (χ1n) is 13.8. The monoisotopic (exact) mass is 588 g/mol. The van der Waals surface area contributed by atoms with Crippen molar-refractivity contribution in [3.8, 4) is 0 Å². The predicted octanol–water partition coefficient (Wildman–Crippen LogP) is 3.47. The number of anilines is 1. The molecule has 1 spiro atoms. The molecule has 0 bridgehead atoms. The average molecular weight is 589 g/mol. The van der Waals surface area contributed by atoms with Gasteiger partial charge in [-0.25, -0.2) is 14.1 Å². The van der Waals surface area contributed by atoms with Gasteiger partial charge in [-0.3, -0.25) is 14.4 Å². The summed E-state index contributed by atoms with van der Waals surface area (Å²) in [6.07, 6.45) is -4.87. The number of benzene rings is 2. The van der Waals surface area contributed by atoms with E-state index in [0.717, 1.165) is 12.1 Å². The van der Waals surface area contributed by atoms with E-state index >= 15 is 0 Å². The van der Waals surface area contributed by atoms with Crippen molar-refractivity contribution < 1.29 is 41.5 Å². The third-order valence-corrected chi connectivity index (χ3v) is 8.40. The first-order valence-corrected chi connectivity index (χ1v) is 13.8. The smallest absolute Gasteiger partial charge is 0.418 e. The number of alkyl halides is 3. The van der Waals surface area contributed by atoms with Crippen LogP contribution in [-0.2, 0) is 37.7 Å². The zero-order valence-corrected chi connectivity index (χ0v) is 22.4. The van der Waals surface area contributed by atoms with Crippen LogP contribution in [0.4, 0.5) is 28.0 Å². The summed E-state index contributed by atoms with van der Waals surface area (Å²) in [4.78, 5) is 53.6. The standard InChI is InChI=1S/C29H28F4N4O5/c30-20-5-1-16(2-6-20)14-36(24(17-3-4-17)29(31,32)33)23(38)15-37-26(40)28(42-27(37)41)10-9-18-11-21(7-8-22(18)28)35-25(39)19-12-34-13-19/h1-2,5-8,11,17,19,24,34H,3-4,9-10,12-15H2,(H,35,39)/t24-,28?/m1/s1. The number of amides is 4. The predicted molar refractivity (Wildman–Crippen MR) is 139 cm³/mol. The van der Waals surface area contributed by atoms with Crippen molar-refractivity contribution in [2.24, 2.45) is 11.8 Å². The third kappa shape index (κ3) is 5.10. The highest BCUT2D eigenvalue weighted by Crippen LogP contribution is 2.47. The first kappa shape index (κ1) is 28.1. The number of hydrogen-bond donors (Lipinski definition) is 2. The number of aryl methyl sites for hydroxylation is 1. The molecule has 2 aromatic rings. The number of carbonyl (C=O) groups excluding carboxylic acids is 4. The van der Waals surface area contributed by atoms with Crippen LogP contribution in [0, 0.1) is 17.7 Å². The number of carbonyl (C=O) groups is 4. The number of rotatable bonds is 8. The molecule has 0 radical (unpaired) electrons. The van der Waals surface area contributed by atoms with E-state index in [1.165, 1.54) is 12.1 Å². The first-order chi connectivity index (χ1) is 20.0. The van der Waals surface area contributed by atoms with E-state index in [1.807, 2.05) is 0 Å². The fraction of sp³-hybridized carbons (Fsp3) is 0.448. The van der Waals surface area contributed by atoms with Crippen LogP contribution in [0.25, 0.3) is 0 Å². The van der Waals surface area contributed by atoms with Crippen molar-refractivity contribution in [2.75, 3.05) is 25.0 Å². The molecule has 4 aliphatic rings. The second-order valence-electron chi connectivity index (χ2n) is 11.3. The molecule has 1 unspecified atom stereocenters. The molecule has 13 heteroatoms. The van der Waals surface area contributed by atoms with Crippen molar-refractivity contribution in [1.82, 2.24) is 15.1 Å². The molecule has 0 aromatic heterocycles. The SMILES string of the molecule is O=C(Nc1ccc2c(c1)CCC21OC(=O)N(CC(=O)N(Cc2ccc(F)cc2)[C@H](C2CC2)C(F)(F)F)C1=O)C1CNC1.